The van der Waals surface area contributed by atoms with E-state index in [9.17, 15) is 13.2 Å². The molecule has 2 aliphatic carbocycles. The van der Waals surface area contributed by atoms with Crippen LogP contribution in [0.4, 0.5) is 17.2 Å². The lowest BCUT2D eigenvalue weighted by Gasteiger charge is -2.35. The summed E-state index contributed by atoms with van der Waals surface area (Å²) in [4.78, 5) is 21.1. The number of thioether (sulfide) groups is 1. The van der Waals surface area contributed by atoms with Crippen molar-refractivity contribution >= 4 is 44.9 Å². The molecular formula is C26H34N4O5S2. The number of carbonyl (C=O) groups is 1. The Hall–Kier alpha value is -2.50. The quantitative estimate of drug-likeness (QED) is 0.381. The van der Waals surface area contributed by atoms with Crippen LogP contribution in [0.1, 0.15) is 55.3 Å². The van der Waals surface area contributed by atoms with E-state index in [0.717, 1.165) is 50.1 Å². The normalized spacial score (nSPS) is 18.8. The molecule has 200 valence electrons. The van der Waals surface area contributed by atoms with Gasteiger partial charge in [0.05, 0.1) is 34.2 Å². The summed E-state index contributed by atoms with van der Waals surface area (Å²) in [7, 11) is -3.69. The molecule has 2 saturated carbocycles. The molecule has 1 saturated heterocycles. The van der Waals surface area contributed by atoms with Crippen LogP contribution in [-0.2, 0) is 10.0 Å². The van der Waals surface area contributed by atoms with Crippen LogP contribution in [0.3, 0.4) is 0 Å². The molecule has 0 radical (unpaired) electrons. The molecule has 37 heavy (non-hydrogen) atoms. The standard InChI is InChI=1S/C26H34N4O5S2/c1-36-22-7-8-23(28-25(22)35-19-3-2-4-19)27-24(32)20-6-5-18(29-37(33,34)16-15-31)17-21(20)30-13-11-26(9-10-26)12-14-30/h5-8,17,19,29,31H,2-4,9-16H2,1H3,(H,27,28,32). The number of benzene rings is 1. The number of pyridine rings is 1. The number of aromatic nitrogens is 1. The lowest BCUT2D eigenvalue weighted by atomic mass is 9.93. The fourth-order valence-electron chi connectivity index (χ4n) is 4.87. The van der Waals surface area contributed by atoms with Crippen LogP contribution in [0, 0.1) is 5.41 Å². The van der Waals surface area contributed by atoms with Crippen LogP contribution in [0.25, 0.3) is 0 Å². The van der Waals surface area contributed by atoms with Crippen molar-refractivity contribution in [2.24, 2.45) is 5.41 Å². The van der Waals surface area contributed by atoms with Gasteiger partial charge in [0.15, 0.2) is 0 Å². The molecule has 3 fully saturated rings. The number of nitrogens with zero attached hydrogens (tertiary/aromatic N) is 2. The van der Waals surface area contributed by atoms with Crippen LogP contribution < -0.4 is 19.7 Å². The monoisotopic (exact) mass is 546 g/mol. The van der Waals surface area contributed by atoms with Crippen LogP contribution in [0.2, 0.25) is 0 Å². The Labute approximate surface area is 222 Å². The second-order valence-corrected chi connectivity index (χ2v) is 12.9. The summed E-state index contributed by atoms with van der Waals surface area (Å²) in [6, 6.07) is 8.61. The number of ether oxygens (including phenoxy) is 1. The van der Waals surface area contributed by atoms with Crippen molar-refractivity contribution in [2.75, 3.05) is 46.6 Å². The van der Waals surface area contributed by atoms with E-state index in [4.69, 9.17) is 9.84 Å². The zero-order valence-electron chi connectivity index (χ0n) is 21.0. The van der Waals surface area contributed by atoms with E-state index >= 15 is 0 Å². The van der Waals surface area contributed by atoms with Gasteiger partial charge >= 0.3 is 0 Å². The van der Waals surface area contributed by atoms with E-state index in [0.29, 0.717) is 34.1 Å². The highest BCUT2D eigenvalue weighted by molar-refractivity contribution is 7.98. The summed E-state index contributed by atoms with van der Waals surface area (Å²) in [5.41, 5.74) is 1.96. The summed E-state index contributed by atoms with van der Waals surface area (Å²) in [6.07, 6.45) is 9.98. The molecule has 1 aliphatic heterocycles. The molecule has 0 bridgehead atoms. The van der Waals surface area contributed by atoms with Gasteiger partial charge in [-0.3, -0.25) is 9.52 Å². The first-order valence-corrected chi connectivity index (χ1v) is 15.7. The van der Waals surface area contributed by atoms with Crippen LogP contribution in [0.15, 0.2) is 35.2 Å². The first-order chi connectivity index (χ1) is 17.8. The Bertz CT molecular complexity index is 1250. The molecule has 11 heteroatoms. The van der Waals surface area contributed by atoms with Gasteiger partial charge in [0, 0.05) is 13.1 Å². The fraction of sp³-hybridized carbons (Fsp3) is 0.538. The number of sulfonamides is 1. The summed E-state index contributed by atoms with van der Waals surface area (Å²) in [6.45, 7) is 1.16. The number of amides is 1. The summed E-state index contributed by atoms with van der Waals surface area (Å²) < 4.78 is 33.1. The fourth-order valence-corrected chi connectivity index (χ4v) is 6.17. The van der Waals surface area contributed by atoms with Crippen molar-refractivity contribution in [2.45, 2.75) is 55.9 Å². The molecule has 3 aliphatic rings. The third-order valence-electron chi connectivity index (χ3n) is 7.61. The van der Waals surface area contributed by atoms with Gasteiger partial charge in [-0.05, 0) is 86.9 Å². The third-order valence-corrected chi connectivity index (χ3v) is 9.63. The smallest absolute Gasteiger partial charge is 0.258 e. The number of carbonyl (C=O) groups excluding carboxylic acids is 1. The number of anilines is 3. The first kappa shape index (κ1) is 26.1. The molecular weight excluding hydrogens is 512 g/mol. The summed E-state index contributed by atoms with van der Waals surface area (Å²) in [5, 5.41) is 12.0. The van der Waals surface area contributed by atoms with Gasteiger partial charge in [-0.1, -0.05) is 0 Å². The molecule has 1 amide bonds. The number of nitrogens with one attached hydrogen (secondary N) is 2. The molecule has 5 rings (SSSR count). The van der Waals surface area contributed by atoms with E-state index in [1.54, 1.807) is 36.0 Å². The maximum atomic E-state index is 13.5. The minimum Gasteiger partial charge on any atom is -0.474 e. The molecule has 0 unspecified atom stereocenters. The zero-order chi connectivity index (χ0) is 26.0. The second kappa shape index (κ2) is 10.7. The highest BCUT2D eigenvalue weighted by atomic mass is 32.2. The largest absolute Gasteiger partial charge is 0.474 e. The van der Waals surface area contributed by atoms with Crippen molar-refractivity contribution in [3.63, 3.8) is 0 Å². The molecule has 3 N–H and O–H groups in total. The van der Waals surface area contributed by atoms with Crippen molar-refractivity contribution < 1.29 is 23.1 Å². The molecule has 1 spiro atoms. The molecule has 2 aromatic rings. The average molecular weight is 547 g/mol. The summed E-state index contributed by atoms with van der Waals surface area (Å²) >= 11 is 1.55. The van der Waals surface area contributed by atoms with E-state index in [1.165, 1.54) is 12.8 Å². The van der Waals surface area contributed by atoms with Crippen LogP contribution in [-0.4, -0.2) is 62.2 Å². The molecule has 1 aromatic heterocycles. The maximum Gasteiger partial charge on any atom is 0.258 e. The molecule has 0 atom stereocenters. The van der Waals surface area contributed by atoms with Gasteiger partial charge in [0.25, 0.3) is 5.91 Å². The zero-order valence-corrected chi connectivity index (χ0v) is 22.7. The van der Waals surface area contributed by atoms with E-state index < -0.39 is 16.6 Å². The third kappa shape index (κ3) is 6.15. The number of rotatable bonds is 10. The number of hydrogen-bond donors (Lipinski definition) is 3. The highest BCUT2D eigenvalue weighted by Gasteiger charge is 2.44. The first-order valence-electron chi connectivity index (χ1n) is 12.8. The Morgan fingerprint density at radius 3 is 2.57 bits per heavy atom. The number of aliphatic hydroxyl groups is 1. The predicted octanol–water partition coefficient (Wildman–Crippen LogP) is 4.10. The summed E-state index contributed by atoms with van der Waals surface area (Å²) in [5.74, 6) is 0.242. The van der Waals surface area contributed by atoms with Gasteiger partial charge in [0.2, 0.25) is 15.9 Å². The molecule has 1 aromatic carbocycles. The minimum absolute atomic E-state index is 0.173. The Morgan fingerprint density at radius 2 is 1.95 bits per heavy atom. The van der Waals surface area contributed by atoms with Crippen molar-refractivity contribution in [3.05, 3.63) is 35.9 Å². The predicted molar refractivity (Wildman–Crippen MR) is 146 cm³/mol. The molecule has 9 nitrogen and oxygen atoms in total. The second-order valence-electron chi connectivity index (χ2n) is 10.2. The van der Waals surface area contributed by atoms with Crippen molar-refractivity contribution in [3.8, 4) is 5.88 Å². The Morgan fingerprint density at radius 1 is 1.19 bits per heavy atom. The van der Waals surface area contributed by atoms with Crippen molar-refractivity contribution in [1.29, 1.82) is 0 Å². The lowest BCUT2D eigenvalue weighted by Crippen LogP contribution is -2.35. The number of piperidine rings is 1. The van der Waals surface area contributed by atoms with E-state index in [1.807, 2.05) is 12.3 Å². The maximum absolute atomic E-state index is 13.5. The van der Waals surface area contributed by atoms with Crippen molar-refractivity contribution in [1.82, 2.24) is 4.98 Å². The number of hydrogen-bond acceptors (Lipinski definition) is 8. The van der Waals surface area contributed by atoms with Gasteiger partial charge in [-0.15, -0.1) is 11.8 Å². The van der Waals surface area contributed by atoms with Gasteiger partial charge < -0.3 is 20.1 Å². The number of aliphatic hydroxyl groups excluding tert-OH is 1. The van der Waals surface area contributed by atoms with Gasteiger partial charge in [-0.25, -0.2) is 8.42 Å². The van der Waals surface area contributed by atoms with Crippen LogP contribution in [0.5, 0.6) is 5.88 Å². The van der Waals surface area contributed by atoms with E-state index in [-0.39, 0.29) is 17.8 Å². The Balaban J connectivity index is 1.39. The van der Waals surface area contributed by atoms with Gasteiger partial charge in [-0.2, -0.15) is 4.98 Å². The molecule has 2 heterocycles. The average Bonchev–Trinajstić information content (AvgIpc) is 3.60. The van der Waals surface area contributed by atoms with E-state index in [2.05, 4.69) is 19.9 Å². The lowest BCUT2D eigenvalue weighted by molar-refractivity contribution is 0.102. The SMILES string of the molecule is CSc1ccc(NC(=O)c2ccc(NS(=O)(=O)CCO)cc2N2CCC3(CC2)CC3)nc1OC1CCC1. The highest BCUT2D eigenvalue weighted by Crippen LogP contribution is 2.54. The minimum atomic E-state index is -3.69. The topological polar surface area (TPSA) is 121 Å². The van der Waals surface area contributed by atoms with Gasteiger partial charge in [0.1, 0.15) is 11.9 Å². The van der Waals surface area contributed by atoms with Crippen LogP contribution >= 0.6 is 11.8 Å². The Kier molecular flexibility index (Phi) is 7.56.